The number of nitrogens with zero attached hydrogens (tertiary/aromatic N) is 2. The number of hydrogen-bond donors (Lipinski definition) is 1. The lowest BCUT2D eigenvalue weighted by Crippen LogP contribution is -2.47. The molecule has 3 aromatic carbocycles. The van der Waals surface area contributed by atoms with E-state index in [0.29, 0.717) is 6.54 Å². The highest BCUT2D eigenvalue weighted by molar-refractivity contribution is 6.30. The predicted molar refractivity (Wildman–Crippen MR) is 137 cm³/mol. The zero-order chi connectivity index (χ0) is 23.3. The third-order valence-corrected chi connectivity index (χ3v) is 7.29. The maximum Gasteiger partial charge on any atom is 0.123 e. The molecule has 0 spiro atoms. The molecule has 0 atom stereocenters. The zero-order valence-electron chi connectivity index (χ0n) is 18.7. The smallest absolute Gasteiger partial charge is 0.123 e. The molecule has 4 rings (SSSR count). The second-order valence-electron chi connectivity index (χ2n) is 8.71. The second kappa shape index (κ2) is 10.9. The van der Waals surface area contributed by atoms with Gasteiger partial charge >= 0.3 is 0 Å². The van der Waals surface area contributed by atoms with Gasteiger partial charge in [0.1, 0.15) is 5.82 Å². The van der Waals surface area contributed by atoms with Crippen molar-refractivity contribution in [2.45, 2.75) is 18.3 Å². The van der Waals surface area contributed by atoms with E-state index in [9.17, 15) is 4.39 Å². The molecule has 1 saturated heterocycles. The molecule has 0 aliphatic carbocycles. The van der Waals surface area contributed by atoms with E-state index in [4.69, 9.17) is 28.9 Å². The summed E-state index contributed by atoms with van der Waals surface area (Å²) in [7, 11) is 0. The van der Waals surface area contributed by atoms with Crippen molar-refractivity contribution in [2.24, 2.45) is 5.73 Å². The van der Waals surface area contributed by atoms with Crippen molar-refractivity contribution >= 4 is 28.9 Å². The molecular formula is C27H30Cl2FN3. The van der Waals surface area contributed by atoms with Gasteiger partial charge in [-0.25, -0.2) is 4.39 Å². The first-order valence-electron chi connectivity index (χ1n) is 11.5. The van der Waals surface area contributed by atoms with Crippen molar-refractivity contribution in [1.82, 2.24) is 4.90 Å². The highest BCUT2D eigenvalue weighted by Crippen LogP contribution is 2.37. The van der Waals surface area contributed by atoms with Crippen LogP contribution < -0.4 is 10.6 Å². The fraction of sp³-hybridized carbons (Fsp3) is 0.333. The summed E-state index contributed by atoms with van der Waals surface area (Å²) in [5.41, 5.74) is 9.60. The van der Waals surface area contributed by atoms with Crippen LogP contribution in [0.5, 0.6) is 0 Å². The van der Waals surface area contributed by atoms with Crippen molar-refractivity contribution in [1.29, 1.82) is 0 Å². The van der Waals surface area contributed by atoms with Crippen LogP contribution in [-0.2, 0) is 5.41 Å². The van der Waals surface area contributed by atoms with Gasteiger partial charge < -0.3 is 10.6 Å². The highest BCUT2D eigenvalue weighted by Gasteiger charge is 2.33. The van der Waals surface area contributed by atoms with Crippen LogP contribution in [0, 0.1) is 5.82 Å². The number of halogens is 3. The zero-order valence-corrected chi connectivity index (χ0v) is 20.2. The molecule has 3 aromatic rings. The lowest BCUT2D eigenvalue weighted by atomic mass is 9.71. The van der Waals surface area contributed by atoms with Gasteiger partial charge in [0.25, 0.3) is 0 Å². The van der Waals surface area contributed by atoms with Gasteiger partial charge in [0.15, 0.2) is 0 Å². The van der Waals surface area contributed by atoms with Crippen LogP contribution in [0.15, 0.2) is 72.8 Å². The molecule has 0 saturated carbocycles. The summed E-state index contributed by atoms with van der Waals surface area (Å²) in [5.74, 6) is -0.192. The summed E-state index contributed by atoms with van der Waals surface area (Å²) in [5, 5.41) is 1.44. The molecule has 0 unspecified atom stereocenters. The Balaban J connectivity index is 1.42. The van der Waals surface area contributed by atoms with Crippen molar-refractivity contribution in [3.05, 3.63) is 99.8 Å². The van der Waals surface area contributed by atoms with Crippen LogP contribution in [0.2, 0.25) is 10.0 Å². The molecule has 1 aliphatic rings. The van der Waals surface area contributed by atoms with E-state index < -0.39 is 0 Å². The Labute approximate surface area is 205 Å². The fourth-order valence-corrected chi connectivity index (χ4v) is 5.07. The first-order valence-corrected chi connectivity index (χ1v) is 12.2. The van der Waals surface area contributed by atoms with Gasteiger partial charge in [0.2, 0.25) is 0 Å². The fourth-order valence-electron chi connectivity index (χ4n) is 4.82. The largest absolute Gasteiger partial charge is 0.369 e. The van der Waals surface area contributed by atoms with Gasteiger partial charge in [-0.1, -0.05) is 47.5 Å². The monoisotopic (exact) mass is 485 g/mol. The number of hydrogen-bond acceptors (Lipinski definition) is 3. The van der Waals surface area contributed by atoms with Crippen molar-refractivity contribution < 1.29 is 4.39 Å². The Morgan fingerprint density at radius 1 is 0.758 bits per heavy atom. The van der Waals surface area contributed by atoms with Gasteiger partial charge in [0.05, 0.1) is 0 Å². The third kappa shape index (κ3) is 5.70. The number of nitrogens with two attached hydrogens (primary N) is 1. The lowest BCUT2D eigenvalue weighted by molar-refractivity contribution is 0.245. The van der Waals surface area contributed by atoms with Gasteiger partial charge in [0, 0.05) is 53.9 Å². The average Bonchev–Trinajstić information content (AvgIpc) is 2.84. The van der Waals surface area contributed by atoms with E-state index in [1.807, 2.05) is 36.4 Å². The van der Waals surface area contributed by atoms with Crippen LogP contribution in [0.3, 0.4) is 0 Å². The normalized spacial score (nSPS) is 15.1. The molecule has 0 bridgehead atoms. The quantitative estimate of drug-likeness (QED) is 0.425. The Bertz CT molecular complexity index is 969. The summed E-state index contributed by atoms with van der Waals surface area (Å²) in [6.07, 6.45) is 1.96. The molecule has 1 aliphatic heterocycles. The molecule has 0 radical (unpaired) electrons. The van der Waals surface area contributed by atoms with E-state index in [1.165, 1.54) is 23.3 Å². The van der Waals surface area contributed by atoms with Crippen LogP contribution >= 0.6 is 23.2 Å². The number of rotatable bonds is 8. The third-order valence-electron chi connectivity index (χ3n) is 6.78. The van der Waals surface area contributed by atoms with Gasteiger partial charge in [-0.3, -0.25) is 4.90 Å². The SMILES string of the molecule is NCC(CCCN1CCN(c2ccc(F)cc2)CC1)(c1ccc(Cl)cc1)c1ccc(Cl)cc1. The Morgan fingerprint density at radius 3 is 1.76 bits per heavy atom. The minimum atomic E-state index is -0.287. The molecule has 33 heavy (non-hydrogen) atoms. The molecule has 0 aromatic heterocycles. The molecule has 0 amide bonds. The van der Waals surface area contributed by atoms with Crippen LogP contribution in [0.25, 0.3) is 0 Å². The standard InChI is InChI=1S/C27H30Cl2FN3/c28-23-6-2-21(3-7-23)27(20-31,22-4-8-24(29)9-5-22)14-1-15-32-16-18-33(19-17-32)26-12-10-25(30)11-13-26/h2-13H,1,14-20,31H2. The van der Waals surface area contributed by atoms with Crippen molar-refractivity contribution in [2.75, 3.05) is 44.2 Å². The van der Waals surface area contributed by atoms with Crippen LogP contribution in [0.4, 0.5) is 10.1 Å². The molecule has 174 valence electrons. The van der Waals surface area contributed by atoms with E-state index in [1.54, 1.807) is 0 Å². The summed E-state index contributed by atoms with van der Waals surface area (Å²) in [4.78, 5) is 4.83. The molecule has 2 N–H and O–H groups in total. The first-order chi connectivity index (χ1) is 16.0. The van der Waals surface area contributed by atoms with Gasteiger partial charge in [-0.05, 0) is 79.0 Å². The summed E-state index contributed by atoms with van der Waals surface area (Å²) < 4.78 is 13.2. The van der Waals surface area contributed by atoms with Crippen LogP contribution in [0.1, 0.15) is 24.0 Å². The Hall–Kier alpha value is -2.11. The average molecular weight is 486 g/mol. The molecule has 6 heteroatoms. The van der Waals surface area contributed by atoms with E-state index in [2.05, 4.69) is 34.1 Å². The summed E-state index contributed by atoms with van der Waals surface area (Å²) in [6.45, 7) is 5.41. The Kier molecular flexibility index (Phi) is 7.92. The molecule has 1 fully saturated rings. The van der Waals surface area contributed by atoms with Crippen molar-refractivity contribution in [3.8, 4) is 0 Å². The molecule has 1 heterocycles. The van der Waals surface area contributed by atoms with E-state index in [0.717, 1.165) is 61.3 Å². The van der Waals surface area contributed by atoms with Gasteiger partial charge in [-0.2, -0.15) is 0 Å². The first kappa shape index (κ1) is 24.0. The minimum Gasteiger partial charge on any atom is -0.369 e. The highest BCUT2D eigenvalue weighted by atomic mass is 35.5. The maximum atomic E-state index is 13.2. The van der Waals surface area contributed by atoms with Crippen LogP contribution in [-0.4, -0.2) is 44.2 Å². The molecular weight excluding hydrogens is 456 g/mol. The topological polar surface area (TPSA) is 32.5 Å². The minimum absolute atomic E-state index is 0.192. The number of benzene rings is 3. The van der Waals surface area contributed by atoms with E-state index >= 15 is 0 Å². The molecule has 3 nitrogen and oxygen atoms in total. The summed E-state index contributed by atoms with van der Waals surface area (Å²) in [6, 6.07) is 22.9. The lowest BCUT2D eigenvalue weighted by Gasteiger charge is -2.38. The van der Waals surface area contributed by atoms with Crippen molar-refractivity contribution in [3.63, 3.8) is 0 Å². The number of anilines is 1. The second-order valence-corrected chi connectivity index (χ2v) is 9.58. The van der Waals surface area contributed by atoms with Gasteiger partial charge in [-0.15, -0.1) is 0 Å². The summed E-state index contributed by atoms with van der Waals surface area (Å²) >= 11 is 12.3. The Morgan fingerprint density at radius 2 is 1.27 bits per heavy atom. The predicted octanol–water partition coefficient (Wildman–Crippen LogP) is 5.98. The van der Waals surface area contributed by atoms with E-state index in [-0.39, 0.29) is 11.2 Å². The number of piperazine rings is 1. The maximum absolute atomic E-state index is 13.2.